The van der Waals surface area contributed by atoms with Gasteiger partial charge >= 0.3 is 0 Å². The van der Waals surface area contributed by atoms with E-state index in [0.717, 1.165) is 38.5 Å². The fraction of sp³-hybridized carbons (Fsp3) is 0.636. The molecule has 1 amide bonds. The molecule has 94 valence electrons. The van der Waals surface area contributed by atoms with Gasteiger partial charge in [0.25, 0.3) is 0 Å². The molecule has 0 unspecified atom stereocenters. The molecule has 1 fully saturated rings. The molecule has 0 spiro atoms. The fourth-order valence-corrected chi connectivity index (χ4v) is 2.38. The number of aromatic nitrogens is 1. The van der Waals surface area contributed by atoms with Gasteiger partial charge in [0.05, 0.1) is 18.9 Å². The number of anilines is 1. The Hall–Kier alpha value is -0.980. The first-order chi connectivity index (χ1) is 8.24. The highest BCUT2D eigenvalue weighted by Gasteiger charge is 2.12. The Kier molecular flexibility index (Phi) is 4.47. The smallest absolute Gasteiger partial charge is 0.227 e. The van der Waals surface area contributed by atoms with Gasteiger partial charge in [-0.25, -0.2) is 4.98 Å². The number of amides is 1. The zero-order valence-corrected chi connectivity index (χ0v) is 10.8. The van der Waals surface area contributed by atoms with Crippen molar-refractivity contribution in [2.75, 3.05) is 38.2 Å². The van der Waals surface area contributed by atoms with E-state index in [4.69, 9.17) is 4.74 Å². The minimum absolute atomic E-state index is 0.0332. The summed E-state index contributed by atoms with van der Waals surface area (Å²) in [7, 11) is 0. The number of nitrogens with zero attached hydrogens (tertiary/aromatic N) is 2. The average Bonchev–Trinajstić information content (AvgIpc) is 2.73. The largest absolute Gasteiger partial charge is 0.379 e. The number of morpholine rings is 1. The Morgan fingerprint density at radius 3 is 3.00 bits per heavy atom. The van der Waals surface area contributed by atoms with E-state index in [1.807, 2.05) is 12.3 Å². The SMILES string of the molecule is Cc1csc(NC(=O)CCN2CCOCC2)n1. The van der Waals surface area contributed by atoms with Gasteiger partial charge in [-0.1, -0.05) is 0 Å². The van der Waals surface area contributed by atoms with Crippen LogP contribution in [0.5, 0.6) is 0 Å². The molecule has 1 aromatic heterocycles. The number of ether oxygens (including phenoxy) is 1. The van der Waals surface area contributed by atoms with Gasteiger partial charge in [-0.05, 0) is 6.92 Å². The Balaban J connectivity index is 1.70. The molecule has 1 saturated heterocycles. The second kappa shape index (κ2) is 6.09. The molecular formula is C11H17N3O2S. The first-order valence-corrected chi connectivity index (χ1v) is 6.64. The van der Waals surface area contributed by atoms with Crippen molar-refractivity contribution in [2.24, 2.45) is 0 Å². The summed E-state index contributed by atoms with van der Waals surface area (Å²) in [4.78, 5) is 18.1. The topological polar surface area (TPSA) is 54.5 Å². The highest BCUT2D eigenvalue weighted by molar-refractivity contribution is 7.13. The van der Waals surface area contributed by atoms with E-state index in [-0.39, 0.29) is 5.91 Å². The van der Waals surface area contributed by atoms with Crippen LogP contribution in [0.4, 0.5) is 5.13 Å². The second-order valence-corrected chi connectivity index (χ2v) is 4.90. The number of aryl methyl sites for hydroxylation is 1. The lowest BCUT2D eigenvalue weighted by Gasteiger charge is -2.26. The summed E-state index contributed by atoms with van der Waals surface area (Å²) in [5.74, 6) is 0.0332. The highest BCUT2D eigenvalue weighted by atomic mass is 32.1. The third-order valence-electron chi connectivity index (χ3n) is 2.62. The van der Waals surface area contributed by atoms with E-state index in [1.54, 1.807) is 0 Å². The molecule has 1 N–H and O–H groups in total. The second-order valence-electron chi connectivity index (χ2n) is 4.05. The summed E-state index contributed by atoms with van der Waals surface area (Å²) in [6.07, 6.45) is 0.513. The number of hydrogen-bond acceptors (Lipinski definition) is 5. The number of rotatable bonds is 4. The van der Waals surface area contributed by atoms with Crippen LogP contribution in [0.2, 0.25) is 0 Å². The monoisotopic (exact) mass is 255 g/mol. The summed E-state index contributed by atoms with van der Waals surface area (Å²) in [5, 5.41) is 5.43. The minimum atomic E-state index is 0.0332. The molecule has 2 rings (SSSR count). The molecule has 0 aromatic carbocycles. The van der Waals surface area contributed by atoms with E-state index >= 15 is 0 Å². The van der Waals surface area contributed by atoms with Crippen LogP contribution in [-0.4, -0.2) is 48.6 Å². The first-order valence-electron chi connectivity index (χ1n) is 5.76. The van der Waals surface area contributed by atoms with Crippen LogP contribution in [0.3, 0.4) is 0 Å². The lowest BCUT2D eigenvalue weighted by molar-refractivity contribution is -0.116. The lowest BCUT2D eigenvalue weighted by Crippen LogP contribution is -2.38. The van der Waals surface area contributed by atoms with Gasteiger partial charge in [0.15, 0.2) is 5.13 Å². The molecule has 1 aliphatic heterocycles. The van der Waals surface area contributed by atoms with E-state index in [0.29, 0.717) is 11.6 Å². The molecule has 2 heterocycles. The van der Waals surface area contributed by atoms with E-state index in [9.17, 15) is 4.79 Å². The molecule has 0 radical (unpaired) electrons. The quantitative estimate of drug-likeness (QED) is 0.875. The summed E-state index contributed by atoms with van der Waals surface area (Å²) in [6, 6.07) is 0. The molecule has 5 nitrogen and oxygen atoms in total. The van der Waals surface area contributed by atoms with E-state index in [1.165, 1.54) is 11.3 Å². The van der Waals surface area contributed by atoms with Gasteiger partial charge in [-0.15, -0.1) is 11.3 Å². The predicted molar refractivity (Wildman–Crippen MR) is 67.4 cm³/mol. The zero-order valence-electron chi connectivity index (χ0n) is 9.94. The fourth-order valence-electron chi connectivity index (χ4n) is 1.68. The van der Waals surface area contributed by atoms with E-state index in [2.05, 4.69) is 15.2 Å². The van der Waals surface area contributed by atoms with Crippen LogP contribution < -0.4 is 5.32 Å². The van der Waals surface area contributed by atoms with Crippen LogP contribution in [0, 0.1) is 6.92 Å². The normalized spacial score (nSPS) is 17.0. The van der Waals surface area contributed by atoms with Crippen molar-refractivity contribution in [1.29, 1.82) is 0 Å². The van der Waals surface area contributed by atoms with Crippen molar-refractivity contribution in [1.82, 2.24) is 9.88 Å². The molecule has 1 aromatic rings. The first kappa shape index (κ1) is 12.5. The molecule has 1 aliphatic rings. The van der Waals surface area contributed by atoms with Crippen molar-refractivity contribution in [3.05, 3.63) is 11.1 Å². The molecule has 6 heteroatoms. The lowest BCUT2D eigenvalue weighted by atomic mass is 10.3. The Bertz CT molecular complexity index is 375. The number of hydrogen-bond donors (Lipinski definition) is 1. The summed E-state index contributed by atoms with van der Waals surface area (Å²) in [5.41, 5.74) is 0.943. The van der Waals surface area contributed by atoms with Crippen molar-refractivity contribution in [3.63, 3.8) is 0 Å². The highest BCUT2D eigenvalue weighted by Crippen LogP contribution is 2.14. The van der Waals surface area contributed by atoms with Gasteiger partial charge in [0.1, 0.15) is 0 Å². The van der Waals surface area contributed by atoms with Crippen molar-refractivity contribution < 1.29 is 9.53 Å². The van der Waals surface area contributed by atoms with Crippen molar-refractivity contribution in [2.45, 2.75) is 13.3 Å². The molecule has 0 saturated carbocycles. The average molecular weight is 255 g/mol. The maximum absolute atomic E-state index is 11.7. The number of thiazole rings is 1. The van der Waals surface area contributed by atoms with Gasteiger partial charge in [0, 0.05) is 31.4 Å². The summed E-state index contributed by atoms with van der Waals surface area (Å²) in [6.45, 7) is 6.09. The van der Waals surface area contributed by atoms with Crippen LogP contribution in [0.15, 0.2) is 5.38 Å². The maximum Gasteiger partial charge on any atom is 0.227 e. The van der Waals surface area contributed by atoms with Crippen LogP contribution >= 0.6 is 11.3 Å². The summed E-state index contributed by atoms with van der Waals surface area (Å²) >= 11 is 1.46. The van der Waals surface area contributed by atoms with Gasteiger partial charge < -0.3 is 10.1 Å². The Morgan fingerprint density at radius 2 is 2.35 bits per heavy atom. The van der Waals surface area contributed by atoms with Crippen LogP contribution in [0.1, 0.15) is 12.1 Å². The van der Waals surface area contributed by atoms with E-state index < -0.39 is 0 Å². The van der Waals surface area contributed by atoms with Crippen LogP contribution in [-0.2, 0) is 9.53 Å². The Labute approximate surface area is 105 Å². The van der Waals surface area contributed by atoms with Gasteiger partial charge in [-0.2, -0.15) is 0 Å². The number of carbonyl (C=O) groups excluding carboxylic acids is 1. The zero-order chi connectivity index (χ0) is 12.1. The van der Waals surface area contributed by atoms with Crippen molar-refractivity contribution >= 4 is 22.4 Å². The van der Waals surface area contributed by atoms with Crippen LogP contribution in [0.25, 0.3) is 0 Å². The maximum atomic E-state index is 11.7. The minimum Gasteiger partial charge on any atom is -0.379 e. The Morgan fingerprint density at radius 1 is 1.59 bits per heavy atom. The number of carbonyl (C=O) groups is 1. The van der Waals surface area contributed by atoms with Gasteiger partial charge in [0.2, 0.25) is 5.91 Å². The third kappa shape index (κ3) is 4.07. The number of nitrogens with one attached hydrogen (secondary N) is 1. The molecular weight excluding hydrogens is 238 g/mol. The molecule has 0 aliphatic carbocycles. The summed E-state index contributed by atoms with van der Waals surface area (Å²) < 4.78 is 5.25. The van der Waals surface area contributed by atoms with Crippen molar-refractivity contribution in [3.8, 4) is 0 Å². The third-order valence-corrected chi connectivity index (χ3v) is 3.50. The predicted octanol–water partition coefficient (Wildman–Crippen LogP) is 1.11. The molecule has 0 atom stereocenters. The molecule has 17 heavy (non-hydrogen) atoms. The standard InChI is InChI=1S/C11H17N3O2S/c1-9-8-17-11(12-9)13-10(15)2-3-14-4-6-16-7-5-14/h8H,2-7H2,1H3,(H,12,13,15). The molecule has 0 bridgehead atoms. The van der Waals surface area contributed by atoms with Gasteiger partial charge in [-0.3, -0.25) is 9.69 Å².